The minimum absolute atomic E-state index is 0.0976. The van der Waals surface area contributed by atoms with Gasteiger partial charge in [-0.3, -0.25) is 0 Å². The molecule has 1 aromatic rings. The molecule has 1 rings (SSSR count). The Morgan fingerprint density at radius 1 is 1.32 bits per heavy atom. The van der Waals surface area contributed by atoms with Crippen molar-refractivity contribution in [1.82, 2.24) is 0 Å². The first-order chi connectivity index (χ1) is 8.60. The molecule has 0 heterocycles. The third-order valence-corrected chi connectivity index (χ3v) is 2.59. The highest BCUT2D eigenvalue weighted by Crippen LogP contribution is 2.30. The molecule has 0 fully saturated rings. The predicted molar refractivity (Wildman–Crippen MR) is 70.0 cm³/mol. The summed E-state index contributed by atoms with van der Waals surface area (Å²) in [7, 11) is 0. The number of benzene rings is 1. The van der Waals surface area contributed by atoms with Crippen LogP contribution in [0.1, 0.15) is 27.7 Å². The summed E-state index contributed by atoms with van der Waals surface area (Å²) in [5.41, 5.74) is -0.659. The number of rotatable bonds is 3. The highest BCUT2D eigenvalue weighted by atomic mass is 79.9. The van der Waals surface area contributed by atoms with Gasteiger partial charge in [0.25, 0.3) is 0 Å². The largest absolute Gasteiger partial charge is 0.475 e. The zero-order valence-corrected chi connectivity index (χ0v) is 12.7. The summed E-state index contributed by atoms with van der Waals surface area (Å²) >= 11 is 2.98. The summed E-state index contributed by atoms with van der Waals surface area (Å²) < 4.78 is 36.8. The quantitative estimate of drug-likeness (QED) is 0.787. The molecule has 3 nitrogen and oxygen atoms in total. The third kappa shape index (κ3) is 4.78. The van der Waals surface area contributed by atoms with Gasteiger partial charge in [0.05, 0.1) is 4.47 Å². The standard InChI is InChI=1S/C13H15BrF2O3/c1-7(12(17)19-13(2,3)4)18-11-9(14)5-8(15)6-10(11)16/h5-7H,1-4H3. The molecular formula is C13H15BrF2O3. The number of hydrogen-bond acceptors (Lipinski definition) is 3. The van der Waals surface area contributed by atoms with Crippen molar-refractivity contribution < 1.29 is 23.0 Å². The van der Waals surface area contributed by atoms with Gasteiger partial charge in [0.15, 0.2) is 17.7 Å². The lowest BCUT2D eigenvalue weighted by Gasteiger charge is -2.23. The molecule has 0 amide bonds. The molecule has 0 N–H and O–H groups in total. The molecule has 0 aromatic heterocycles. The summed E-state index contributed by atoms with van der Waals surface area (Å²) in [6, 6.07) is 1.74. The van der Waals surface area contributed by atoms with Crippen LogP contribution in [0, 0.1) is 11.6 Å². The second kappa shape index (κ2) is 5.86. The van der Waals surface area contributed by atoms with E-state index in [0.717, 1.165) is 6.07 Å². The van der Waals surface area contributed by atoms with Gasteiger partial charge in [0, 0.05) is 6.07 Å². The van der Waals surface area contributed by atoms with Gasteiger partial charge >= 0.3 is 5.97 Å². The Bertz CT molecular complexity index is 460. The van der Waals surface area contributed by atoms with E-state index in [0.29, 0.717) is 6.07 Å². The molecule has 0 saturated carbocycles. The van der Waals surface area contributed by atoms with Crippen molar-refractivity contribution >= 4 is 21.9 Å². The summed E-state index contributed by atoms with van der Waals surface area (Å²) in [4.78, 5) is 11.7. The molecule has 1 aromatic carbocycles. The van der Waals surface area contributed by atoms with Gasteiger partial charge in [-0.1, -0.05) is 0 Å². The molecule has 0 saturated heterocycles. The van der Waals surface area contributed by atoms with Crippen LogP contribution >= 0.6 is 15.9 Å². The van der Waals surface area contributed by atoms with E-state index in [2.05, 4.69) is 15.9 Å². The first kappa shape index (κ1) is 15.9. The average Bonchev–Trinajstić information content (AvgIpc) is 2.20. The van der Waals surface area contributed by atoms with Crippen LogP contribution < -0.4 is 4.74 Å². The number of ether oxygens (including phenoxy) is 2. The lowest BCUT2D eigenvalue weighted by Crippen LogP contribution is -2.33. The van der Waals surface area contributed by atoms with Crippen molar-refractivity contribution in [2.24, 2.45) is 0 Å². The number of hydrogen-bond donors (Lipinski definition) is 0. The molecule has 1 atom stereocenters. The Balaban J connectivity index is 2.83. The maximum absolute atomic E-state index is 13.5. The lowest BCUT2D eigenvalue weighted by atomic mass is 10.2. The monoisotopic (exact) mass is 336 g/mol. The fraction of sp³-hybridized carbons (Fsp3) is 0.462. The van der Waals surface area contributed by atoms with E-state index in [9.17, 15) is 13.6 Å². The fourth-order valence-electron chi connectivity index (χ4n) is 1.25. The minimum Gasteiger partial charge on any atom is -0.475 e. The van der Waals surface area contributed by atoms with Crippen molar-refractivity contribution in [3.63, 3.8) is 0 Å². The Hall–Kier alpha value is -1.17. The topological polar surface area (TPSA) is 35.5 Å². The maximum atomic E-state index is 13.5. The molecule has 0 bridgehead atoms. The van der Waals surface area contributed by atoms with E-state index in [4.69, 9.17) is 9.47 Å². The SMILES string of the molecule is CC(Oc1c(F)cc(F)cc1Br)C(=O)OC(C)(C)C. The van der Waals surface area contributed by atoms with E-state index < -0.39 is 29.3 Å². The second-order valence-electron chi connectivity index (χ2n) is 4.99. The zero-order valence-electron chi connectivity index (χ0n) is 11.1. The maximum Gasteiger partial charge on any atom is 0.347 e. The third-order valence-electron chi connectivity index (χ3n) is 2.00. The average molecular weight is 337 g/mol. The van der Waals surface area contributed by atoms with Crippen molar-refractivity contribution in [3.05, 3.63) is 28.2 Å². The van der Waals surface area contributed by atoms with Crippen LogP contribution in [-0.4, -0.2) is 17.7 Å². The van der Waals surface area contributed by atoms with Gasteiger partial charge in [-0.15, -0.1) is 0 Å². The normalized spacial score (nSPS) is 13.0. The Labute approximate surface area is 119 Å². The van der Waals surface area contributed by atoms with Gasteiger partial charge in [0.1, 0.15) is 11.4 Å². The molecule has 0 aliphatic rings. The number of carbonyl (C=O) groups excluding carboxylic acids is 1. The lowest BCUT2D eigenvalue weighted by molar-refractivity contribution is -0.162. The molecule has 0 aliphatic heterocycles. The van der Waals surface area contributed by atoms with Gasteiger partial charge in [-0.25, -0.2) is 13.6 Å². The smallest absolute Gasteiger partial charge is 0.347 e. The first-order valence-electron chi connectivity index (χ1n) is 5.64. The predicted octanol–water partition coefficient (Wildman–Crippen LogP) is 3.84. The highest BCUT2D eigenvalue weighted by Gasteiger charge is 2.25. The summed E-state index contributed by atoms with van der Waals surface area (Å²) in [5.74, 6) is -2.47. The van der Waals surface area contributed by atoms with Gasteiger partial charge in [-0.2, -0.15) is 0 Å². The second-order valence-corrected chi connectivity index (χ2v) is 5.85. The Morgan fingerprint density at radius 2 is 1.89 bits per heavy atom. The van der Waals surface area contributed by atoms with Crippen molar-refractivity contribution in [3.8, 4) is 5.75 Å². The van der Waals surface area contributed by atoms with Crippen molar-refractivity contribution in [2.45, 2.75) is 39.4 Å². The minimum atomic E-state index is -1.00. The first-order valence-corrected chi connectivity index (χ1v) is 6.43. The summed E-state index contributed by atoms with van der Waals surface area (Å²) in [5, 5.41) is 0. The van der Waals surface area contributed by atoms with Crippen LogP contribution in [0.4, 0.5) is 8.78 Å². The van der Waals surface area contributed by atoms with E-state index in [1.54, 1.807) is 20.8 Å². The Morgan fingerprint density at radius 3 is 2.37 bits per heavy atom. The number of esters is 1. The van der Waals surface area contributed by atoms with Crippen LogP contribution in [0.2, 0.25) is 0 Å². The molecule has 19 heavy (non-hydrogen) atoms. The van der Waals surface area contributed by atoms with Crippen molar-refractivity contribution in [1.29, 1.82) is 0 Å². The van der Waals surface area contributed by atoms with E-state index in [-0.39, 0.29) is 10.2 Å². The molecular weight excluding hydrogens is 322 g/mol. The van der Waals surface area contributed by atoms with Crippen LogP contribution in [0.3, 0.4) is 0 Å². The zero-order chi connectivity index (χ0) is 14.8. The van der Waals surface area contributed by atoms with E-state index in [1.807, 2.05) is 0 Å². The molecule has 6 heteroatoms. The Kier molecular flexibility index (Phi) is 4.90. The van der Waals surface area contributed by atoms with E-state index in [1.165, 1.54) is 6.92 Å². The molecule has 1 unspecified atom stereocenters. The van der Waals surface area contributed by atoms with Crippen LogP contribution in [-0.2, 0) is 9.53 Å². The van der Waals surface area contributed by atoms with Gasteiger partial charge < -0.3 is 9.47 Å². The van der Waals surface area contributed by atoms with Gasteiger partial charge in [0.2, 0.25) is 0 Å². The molecule has 0 radical (unpaired) electrons. The van der Waals surface area contributed by atoms with Crippen LogP contribution in [0.15, 0.2) is 16.6 Å². The number of carbonyl (C=O) groups is 1. The molecule has 106 valence electrons. The van der Waals surface area contributed by atoms with Gasteiger partial charge in [-0.05, 0) is 49.7 Å². The molecule has 0 aliphatic carbocycles. The summed E-state index contributed by atoms with van der Waals surface area (Å²) in [6.07, 6.45) is -1.00. The van der Waals surface area contributed by atoms with Crippen LogP contribution in [0.25, 0.3) is 0 Å². The summed E-state index contributed by atoms with van der Waals surface area (Å²) in [6.45, 7) is 6.58. The van der Waals surface area contributed by atoms with Crippen LogP contribution in [0.5, 0.6) is 5.75 Å². The fourth-order valence-corrected chi connectivity index (χ4v) is 1.75. The highest BCUT2D eigenvalue weighted by molar-refractivity contribution is 9.10. The molecule has 0 spiro atoms. The van der Waals surface area contributed by atoms with E-state index >= 15 is 0 Å². The number of halogens is 3. The van der Waals surface area contributed by atoms with Crippen molar-refractivity contribution in [2.75, 3.05) is 0 Å².